The average Bonchev–Trinajstić information content (AvgIpc) is 2.07. The van der Waals surface area contributed by atoms with Crippen molar-refractivity contribution in [1.29, 1.82) is 0 Å². The molecule has 0 saturated carbocycles. The van der Waals surface area contributed by atoms with Gasteiger partial charge in [0, 0.05) is 17.5 Å². The first-order chi connectivity index (χ1) is 5.77. The van der Waals surface area contributed by atoms with Crippen LogP contribution in [0.25, 0.3) is 0 Å². The molecule has 12 heavy (non-hydrogen) atoms. The van der Waals surface area contributed by atoms with E-state index in [1.165, 1.54) is 0 Å². The van der Waals surface area contributed by atoms with Crippen LogP contribution >= 0.6 is 11.6 Å². The summed E-state index contributed by atoms with van der Waals surface area (Å²) in [5.41, 5.74) is 6.46. The Morgan fingerprint density at radius 2 is 2.25 bits per heavy atom. The van der Waals surface area contributed by atoms with E-state index in [0.29, 0.717) is 11.6 Å². The summed E-state index contributed by atoms with van der Waals surface area (Å²) in [6, 6.07) is 7.40. The summed E-state index contributed by atoms with van der Waals surface area (Å²) >= 11 is 5.78. The lowest BCUT2D eigenvalue weighted by atomic mass is 10.0. The lowest BCUT2D eigenvalue weighted by Crippen LogP contribution is -2.15. The Hall–Kier alpha value is -0.570. The Morgan fingerprint density at radius 1 is 1.50 bits per heavy atom. The second-order valence-electron chi connectivity index (χ2n) is 2.67. The van der Waals surface area contributed by atoms with Crippen molar-refractivity contribution in [1.82, 2.24) is 0 Å². The molecule has 0 aliphatic rings. The van der Waals surface area contributed by atoms with E-state index in [0.717, 1.165) is 5.56 Å². The van der Waals surface area contributed by atoms with Gasteiger partial charge in [-0.05, 0) is 17.7 Å². The highest BCUT2D eigenvalue weighted by Gasteiger charge is 2.07. The first-order valence-electron chi connectivity index (χ1n) is 3.84. The fourth-order valence-electron chi connectivity index (χ4n) is 1.08. The van der Waals surface area contributed by atoms with E-state index in [-0.39, 0.29) is 12.5 Å². The third-order valence-electron chi connectivity index (χ3n) is 1.82. The molecule has 66 valence electrons. The zero-order valence-electron chi connectivity index (χ0n) is 6.70. The fourth-order valence-corrected chi connectivity index (χ4v) is 1.28. The van der Waals surface area contributed by atoms with Gasteiger partial charge in [0.05, 0.1) is 6.61 Å². The number of hydrogen-bond donors (Lipinski definition) is 2. The van der Waals surface area contributed by atoms with Crippen molar-refractivity contribution in [3.63, 3.8) is 0 Å². The van der Waals surface area contributed by atoms with E-state index in [1.54, 1.807) is 6.07 Å². The molecule has 0 radical (unpaired) electrons. The van der Waals surface area contributed by atoms with Gasteiger partial charge in [0.2, 0.25) is 0 Å². The number of nitrogens with two attached hydrogens (primary N) is 1. The summed E-state index contributed by atoms with van der Waals surface area (Å²) in [6.07, 6.45) is 0. The molecular formula is C9H12ClNO. The zero-order valence-corrected chi connectivity index (χ0v) is 7.46. The predicted octanol–water partition coefficient (Wildman–Crippen LogP) is 1.37. The van der Waals surface area contributed by atoms with Gasteiger partial charge in [-0.15, -0.1) is 0 Å². The molecule has 0 aliphatic heterocycles. The number of rotatable bonds is 3. The molecule has 0 unspecified atom stereocenters. The van der Waals surface area contributed by atoms with Gasteiger partial charge in [-0.3, -0.25) is 0 Å². The van der Waals surface area contributed by atoms with Crippen LogP contribution in [0.2, 0.25) is 5.02 Å². The molecule has 1 rings (SSSR count). The monoisotopic (exact) mass is 185 g/mol. The van der Waals surface area contributed by atoms with Gasteiger partial charge in [0.1, 0.15) is 0 Å². The maximum atomic E-state index is 8.95. The second kappa shape index (κ2) is 4.45. The van der Waals surface area contributed by atoms with Crippen molar-refractivity contribution in [2.75, 3.05) is 13.2 Å². The summed E-state index contributed by atoms with van der Waals surface area (Å²) in [4.78, 5) is 0. The molecule has 0 spiro atoms. The summed E-state index contributed by atoms with van der Waals surface area (Å²) in [5.74, 6) is 0.00343. The van der Waals surface area contributed by atoms with Crippen LogP contribution in [0, 0.1) is 0 Å². The van der Waals surface area contributed by atoms with E-state index in [9.17, 15) is 0 Å². The quantitative estimate of drug-likeness (QED) is 0.748. The van der Waals surface area contributed by atoms with Crippen LogP contribution in [-0.4, -0.2) is 18.3 Å². The van der Waals surface area contributed by atoms with Crippen molar-refractivity contribution >= 4 is 11.6 Å². The number of aliphatic hydroxyl groups excluding tert-OH is 1. The molecule has 0 bridgehead atoms. The van der Waals surface area contributed by atoms with Crippen LogP contribution in [0.1, 0.15) is 11.5 Å². The normalized spacial score (nSPS) is 12.9. The first-order valence-corrected chi connectivity index (χ1v) is 4.22. The van der Waals surface area contributed by atoms with Gasteiger partial charge in [-0.25, -0.2) is 0 Å². The average molecular weight is 186 g/mol. The predicted molar refractivity (Wildman–Crippen MR) is 50.3 cm³/mol. The molecule has 0 aromatic heterocycles. The summed E-state index contributed by atoms with van der Waals surface area (Å²) < 4.78 is 0. The lowest BCUT2D eigenvalue weighted by Gasteiger charge is -2.11. The van der Waals surface area contributed by atoms with Crippen molar-refractivity contribution in [2.45, 2.75) is 5.92 Å². The van der Waals surface area contributed by atoms with Crippen molar-refractivity contribution in [3.8, 4) is 0 Å². The molecule has 1 atom stereocenters. The number of halogens is 1. The SMILES string of the molecule is NC[C@@H](CO)c1cccc(Cl)c1. The molecule has 0 fully saturated rings. The van der Waals surface area contributed by atoms with E-state index < -0.39 is 0 Å². The van der Waals surface area contributed by atoms with Gasteiger partial charge in [0.15, 0.2) is 0 Å². The second-order valence-corrected chi connectivity index (χ2v) is 3.11. The molecule has 1 aromatic carbocycles. The maximum absolute atomic E-state index is 8.95. The minimum Gasteiger partial charge on any atom is -0.396 e. The minimum atomic E-state index is 0.00343. The van der Waals surface area contributed by atoms with Crippen LogP contribution in [0.5, 0.6) is 0 Å². The van der Waals surface area contributed by atoms with E-state index in [2.05, 4.69) is 0 Å². The van der Waals surface area contributed by atoms with Crippen LogP contribution in [-0.2, 0) is 0 Å². The Balaban J connectivity index is 2.85. The highest BCUT2D eigenvalue weighted by molar-refractivity contribution is 6.30. The molecule has 3 N–H and O–H groups in total. The highest BCUT2D eigenvalue weighted by Crippen LogP contribution is 2.18. The Bertz CT molecular complexity index is 248. The minimum absolute atomic E-state index is 0.00343. The lowest BCUT2D eigenvalue weighted by molar-refractivity contribution is 0.268. The summed E-state index contributed by atoms with van der Waals surface area (Å²) in [5, 5.41) is 9.63. The maximum Gasteiger partial charge on any atom is 0.0511 e. The molecule has 1 aromatic rings. The molecular weight excluding hydrogens is 174 g/mol. The highest BCUT2D eigenvalue weighted by atomic mass is 35.5. The first kappa shape index (κ1) is 9.52. The van der Waals surface area contributed by atoms with Crippen molar-refractivity contribution < 1.29 is 5.11 Å². The van der Waals surface area contributed by atoms with E-state index >= 15 is 0 Å². The smallest absolute Gasteiger partial charge is 0.0511 e. The molecule has 3 heteroatoms. The largest absolute Gasteiger partial charge is 0.396 e. The fraction of sp³-hybridized carbons (Fsp3) is 0.333. The van der Waals surface area contributed by atoms with Crippen molar-refractivity contribution in [3.05, 3.63) is 34.9 Å². The summed E-state index contributed by atoms with van der Waals surface area (Å²) in [7, 11) is 0. The van der Waals surface area contributed by atoms with Gasteiger partial charge in [-0.2, -0.15) is 0 Å². The Labute approximate surface area is 77.0 Å². The van der Waals surface area contributed by atoms with Crippen LogP contribution < -0.4 is 5.73 Å². The van der Waals surface area contributed by atoms with Gasteiger partial charge in [0.25, 0.3) is 0 Å². The van der Waals surface area contributed by atoms with Crippen LogP contribution in [0.4, 0.5) is 0 Å². The number of hydrogen-bond acceptors (Lipinski definition) is 2. The van der Waals surface area contributed by atoms with Crippen LogP contribution in [0.3, 0.4) is 0 Å². The zero-order chi connectivity index (χ0) is 8.97. The van der Waals surface area contributed by atoms with Gasteiger partial charge in [-0.1, -0.05) is 23.7 Å². The third kappa shape index (κ3) is 2.21. The number of aliphatic hydroxyl groups is 1. The topological polar surface area (TPSA) is 46.2 Å². The third-order valence-corrected chi connectivity index (χ3v) is 2.06. The molecule has 0 saturated heterocycles. The van der Waals surface area contributed by atoms with Crippen molar-refractivity contribution in [2.24, 2.45) is 5.73 Å². The molecule has 0 amide bonds. The molecule has 2 nitrogen and oxygen atoms in total. The van der Waals surface area contributed by atoms with E-state index in [1.807, 2.05) is 18.2 Å². The van der Waals surface area contributed by atoms with E-state index in [4.69, 9.17) is 22.4 Å². The Kier molecular flexibility index (Phi) is 3.53. The molecule has 0 heterocycles. The standard InChI is InChI=1S/C9H12ClNO/c10-9-3-1-2-7(4-9)8(5-11)6-12/h1-4,8,12H,5-6,11H2/t8-/m0/s1. The summed E-state index contributed by atoms with van der Waals surface area (Å²) in [6.45, 7) is 0.508. The Morgan fingerprint density at radius 3 is 2.75 bits per heavy atom. The molecule has 0 aliphatic carbocycles. The van der Waals surface area contributed by atoms with Gasteiger partial charge >= 0.3 is 0 Å². The number of benzene rings is 1. The van der Waals surface area contributed by atoms with Crippen LogP contribution in [0.15, 0.2) is 24.3 Å². The van der Waals surface area contributed by atoms with Gasteiger partial charge < -0.3 is 10.8 Å².